The number of carboxylic acid groups (broad SMARTS) is 1. The maximum absolute atomic E-state index is 11.0. The van der Waals surface area contributed by atoms with Crippen LogP contribution in [-0.2, 0) is 0 Å². The van der Waals surface area contributed by atoms with Crippen LogP contribution in [0.3, 0.4) is 0 Å². The van der Waals surface area contributed by atoms with Crippen LogP contribution in [0, 0.1) is 0 Å². The van der Waals surface area contributed by atoms with Crippen molar-refractivity contribution in [3.8, 4) is 11.3 Å². The molecule has 0 aliphatic rings. The second kappa shape index (κ2) is 4.47. The van der Waals surface area contributed by atoms with E-state index in [-0.39, 0.29) is 17.5 Å². The minimum absolute atomic E-state index is 0.160. The van der Waals surface area contributed by atoms with Crippen molar-refractivity contribution in [1.29, 1.82) is 0 Å². The predicted molar refractivity (Wildman–Crippen MR) is 63.5 cm³/mol. The van der Waals surface area contributed by atoms with Crippen molar-refractivity contribution < 1.29 is 14.3 Å². The summed E-state index contributed by atoms with van der Waals surface area (Å²) in [6.45, 7) is 0. The highest BCUT2D eigenvalue weighted by molar-refractivity contribution is 6.30. The number of aromatic carboxylic acids is 1. The van der Waals surface area contributed by atoms with Crippen LogP contribution >= 0.6 is 11.6 Å². The van der Waals surface area contributed by atoms with Crippen molar-refractivity contribution in [2.24, 2.45) is 0 Å². The summed E-state index contributed by atoms with van der Waals surface area (Å²) in [6.07, 6.45) is 0. The van der Waals surface area contributed by atoms with Crippen LogP contribution in [0.2, 0.25) is 5.02 Å². The number of anilines is 1. The molecule has 17 heavy (non-hydrogen) atoms. The molecule has 5 nitrogen and oxygen atoms in total. The molecule has 6 heteroatoms. The number of hydrogen-bond donors (Lipinski definition) is 2. The van der Waals surface area contributed by atoms with Gasteiger partial charge in [0, 0.05) is 17.6 Å². The number of carboxylic acids is 1. The smallest absolute Gasteiger partial charge is 0.374 e. The Bertz CT molecular complexity index is 548. The van der Waals surface area contributed by atoms with Gasteiger partial charge in [0.05, 0.1) is 0 Å². The van der Waals surface area contributed by atoms with Crippen molar-refractivity contribution in [3.63, 3.8) is 0 Å². The lowest BCUT2D eigenvalue weighted by Crippen LogP contribution is -1.96. The lowest BCUT2D eigenvalue weighted by atomic mass is 10.1. The van der Waals surface area contributed by atoms with Crippen molar-refractivity contribution in [2.45, 2.75) is 0 Å². The molecule has 2 rings (SSSR count). The first-order valence-electron chi connectivity index (χ1n) is 4.79. The van der Waals surface area contributed by atoms with E-state index in [1.165, 1.54) is 0 Å². The molecule has 0 saturated heterocycles. The van der Waals surface area contributed by atoms with Crippen LogP contribution in [0.5, 0.6) is 0 Å². The van der Waals surface area contributed by atoms with Gasteiger partial charge in [-0.25, -0.2) is 4.79 Å². The standard InChI is InChI=1S/C11H9ClN2O3/c1-13-11-14-8(9(17-11)10(15)16)6-2-4-7(12)5-3-6/h2-5H,1H3,(H,13,14)(H,15,16). The zero-order chi connectivity index (χ0) is 12.4. The van der Waals surface area contributed by atoms with Gasteiger partial charge in [-0.2, -0.15) is 4.98 Å². The number of rotatable bonds is 3. The lowest BCUT2D eigenvalue weighted by molar-refractivity contribution is 0.0665. The van der Waals surface area contributed by atoms with Crippen LogP contribution in [0.4, 0.5) is 6.01 Å². The van der Waals surface area contributed by atoms with Crippen LogP contribution in [-0.4, -0.2) is 23.1 Å². The highest BCUT2D eigenvalue weighted by Gasteiger charge is 2.20. The first kappa shape index (κ1) is 11.5. The Hall–Kier alpha value is -2.01. The molecule has 0 atom stereocenters. The normalized spacial score (nSPS) is 10.2. The van der Waals surface area contributed by atoms with Crippen molar-refractivity contribution >= 4 is 23.6 Å². The summed E-state index contributed by atoms with van der Waals surface area (Å²) in [4.78, 5) is 15.1. The number of aromatic nitrogens is 1. The Morgan fingerprint density at radius 1 is 1.41 bits per heavy atom. The van der Waals surface area contributed by atoms with E-state index in [1.54, 1.807) is 31.3 Å². The minimum Gasteiger partial charge on any atom is -0.475 e. The van der Waals surface area contributed by atoms with Crippen molar-refractivity contribution in [2.75, 3.05) is 12.4 Å². The fourth-order valence-corrected chi connectivity index (χ4v) is 1.50. The van der Waals surface area contributed by atoms with E-state index in [1.807, 2.05) is 0 Å². The molecule has 0 unspecified atom stereocenters. The van der Waals surface area contributed by atoms with Gasteiger partial charge in [0.15, 0.2) is 0 Å². The third-order valence-electron chi connectivity index (χ3n) is 2.15. The number of carbonyl (C=O) groups is 1. The van der Waals surface area contributed by atoms with Gasteiger partial charge < -0.3 is 14.8 Å². The Morgan fingerprint density at radius 2 is 2.06 bits per heavy atom. The highest BCUT2D eigenvalue weighted by Crippen LogP contribution is 2.27. The van der Waals surface area contributed by atoms with Crippen LogP contribution in [0.1, 0.15) is 10.6 Å². The van der Waals surface area contributed by atoms with Crippen LogP contribution in [0.15, 0.2) is 28.7 Å². The van der Waals surface area contributed by atoms with E-state index in [2.05, 4.69) is 10.3 Å². The molecule has 1 heterocycles. The van der Waals surface area contributed by atoms with Gasteiger partial charge in [-0.3, -0.25) is 0 Å². The average Bonchev–Trinajstić information content (AvgIpc) is 2.74. The molecule has 88 valence electrons. The van der Waals surface area contributed by atoms with Crippen molar-refractivity contribution in [1.82, 2.24) is 4.98 Å². The van der Waals surface area contributed by atoms with E-state index in [9.17, 15) is 4.79 Å². The lowest BCUT2D eigenvalue weighted by Gasteiger charge is -1.97. The zero-order valence-electron chi connectivity index (χ0n) is 8.90. The van der Waals surface area contributed by atoms with Crippen LogP contribution < -0.4 is 5.32 Å². The summed E-state index contributed by atoms with van der Waals surface area (Å²) in [7, 11) is 1.60. The van der Waals surface area contributed by atoms with Gasteiger partial charge in [-0.1, -0.05) is 23.7 Å². The zero-order valence-corrected chi connectivity index (χ0v) is 9.65. The minimum atomic E-state index is -1.16. The molecule has 0 bridgehead atoms. The maximum Gasteiger partial charge on any atom is 0.374 e. The number of nitrogens with zero attached hydrogens (tertiary/aromatic N) is 1. The Labute approximate surface area is 102 Å². The quantitative estimate of drug-likeness (QED) is 0.878. The summed E-state index contributed by atoms with van der Waals surface area (Å²) < 4.78 is 5.06. The highest BCUT2D eigenvalue weighted by atomic mass is 35.5. The molecule has 0 aliphatic heterocycles. The monoisotopic (exact) mass is 252 g/mol. The van der Waals surface area contributed by atoms with Gasteiger partial charge in [0.1, 0.15) is 5.69 Å². The Morgan fingerprint density at radius 3 is 2.59 bits per heavy atom. The number of halogens is 1. The van der Waals surface area contributed by atoms with Gasteiger partial charge >= 0.3 is 5.97 Å². The Kier molecular flexibility index (Phi) is 3.01. The average molecular weight is 253 g/mol. The summed E-state index contributed by atoms with van der Waals surface area (Å²) in [5, 5.41) is 12.2. The van der Waals surface area contributed by atoms with E-state index in [0.29, 0.717) is 10.6 Å². The fourth-order valence-electron chi connectivity index (χ4n) is 1.38. The molecular formula is C11H9ClN2O3. The maximum atomic E-state index is 11.0. The Balaban J connectivity index is 2.53. The molecule has 2 N–H and O–H groups in total. The molecule has 1 aromatic carbocycles. The molecular weight excluding hydrogens is 244 g/mol. The summed E-state index contributed by atoms with van der Waals surface area (Å²) in [5.74, 6) is -1.36. The number of benzene rings is 1. The third-order valence-corrected chi connectivity index (χ3v) is 2.40. The molecule has 0 aliphatic carbocycles. The van der Waals surface area contributed by atoms with Gasteiger partial charge in [-0.05, 0) is 12.1 Å². The van der Waals surface area contributed by atoms with E-state index in [0.717, 1.165) is 0 Å². The first-order chi connectivity index (χ1) is 8.11. The second-order valence-electron chi connectivity index (χ2n) is 3.26. The third kappa shape index (κ3) is 2.24. The number of nitrogens with one attached hydrogen (secondary N) is 1. The fraction of sp³-hybridized carbons (Fsp3) is 0.0909. The molecule has 0 fully saturated rings. The molecule has 2 aromatic rings. The predicted octanol–water partition coefficient (Wildman–Crippen LogP) is 2.73. The molecule has 0 saturated carbocycles. The topological polar surface area (TPSA) is 75.4 Å². The largest absolute Gasteiger partial charge is 0.475 e. The van der Waals surface area contributed by atoms with E-state index < -0.39 is 5.97 Å². The summed E-state index contributed by atoms with van der Waals surface area (Å²) >= 11 is 5.76. The number of hydrogen-bond acceptors (Lipinski definition) is 4. The number of oxazole rings is 1. The SMILES string of the molecule is CNc1nc(-c2ccc(Cl)cc2)c(C(=O)O)o1. The molecule has 0 radical (unpaired) electrons. The van der Waals surface area contributed by atoms with E-state index in [4.69, 9.17) is 21.1 Å². The van der Waals surface area contributed by atoms with Gasteiger partial charge in [0.2, 0.25) is 5.76 Å². The van der Waals surface area contributed by atoms with Crippen LogP contribution in [0.25, 0.3) is 11.3 Å². The summed E-state index contributed by atoms with van der Waals surface area (Å²) in [5.41, 5.74) is 0.913. The second-order valence-corrected chi connectivity index (χ2v) is 3.70. The van der Waals surface area contributed by atoms with Crippen molar-refractivity contribution in [3.05, 3.63) is 35.0 Å². The van der Waals surface area contributed by atoms with Gasteiger partial charge in [0.25, 0.3) is 6.01 Å². The molecule has 1 aromatic heterocycles. The van der Waals surface area contributed by atoms with Gasteiger partial charge in [-0.15, -0.1) is 0 Å². The molecule has 0 amide bonds. The molecule has 0 spiro atoms. The van der Waals surface area contributed by atoms with E-state index >= 15 is 0 Å². The summed E-state index contributed by atoms with van der Waals surface area (Å²) in [6, 6.07) is 6.86. The first-order valence-corrected chi connectivity index (χ1v) is 5.17.